The summed E-state index contributed by atoms with van der Waals surface area (Å²) in [6.45, 7) is 4.01. The molecule has 0 bridgehead atoms. The predicted molar refractivity (Wildman–Crippen MR) is 74.5 cm³/mol. The molecule has 1 aromatic carbocycles. The molecule has 2 atom stereocenters. The first kappa shape index (κ1) is 14.0. The topological polar surface area (TPSA) is 55.6 Å². The van der Waals surface area contributed by atoms with Crippen molar-refractivity contribution in [1.82, 2.24) is 4.90 Å². The fourth-order valence-corrected chi connectivity index (χ4v) is 2.25. The average Bonchev–Trinajstić information content (AvgIpc) is 2.98. The van der Waals surface area contributed by atoms with E-state index in [9.17, 15) is 4.79 Å². The SMILES string of the molecule is C[C@@H](OCc1ccccc1)[C@H](N)C(=O)N1CCCC1. The number of hydrogen-bond acceptors (Lipinski definition) is 3. The van der Waals surface area contributed by atoms with E-state index in [-0.39, 0.29) is 12.0 Å². The molecule has 19 heavy (non-hydrogen) atoms. The molecule has 1 aromatic rings. The number of carbonyl (C=O) groups excluding carboxylic acids is 1. The van der Waals surface area contributed by atoms with Crippen molar-refractivity contribution in [3.05, 3.63) is 35.9 Å². The Kier molecular flexibility index (Phi) is 4.93. The molecule has 0 saturated carbocycles. The van der Waals surface area contributed by atoms with Gasteiger partial charge in [-0.05, 0) is 25.3 Å². The molecule has 2 rings (SSSR count). The standard InChI is InChI=1S/C15H22N2O2/c1-12(19-11-13-7-3-2-4-8-13)14(16)15(18)17-9-5-6-10-17/h2-4,7-8,12,14H,5-6,9-11,16H2,1H3/t12-,14+/m1/s1. The average molecular weight is 262 g/mol. The molecule has 0 unspecified atom stereocenters. The summed E-state index contributed by atoms with van der Waals surface area (Å²) in [5.41, 5.74) is 7.08. The van der Waals surface area contributed by atoms with Gasteiger partial charge in [0.15, 0.2) is 0 Å². The van der Waals surface area contributed by atoms with Gasteiger partial charge >= 0.3 is 0 Å². The zero-order valence-electron chi connectivity index (χ0n) is 11.4. The molecule has 1 aliphatic heterocycles. The van der Waals surface area contributed by atoms with Crippen LogP contribution in [0, 0.1) is 0 Å². The maximum absolute atomic E-state index is 12.1. The Balaban J connectivity index is 1.81. The number of ether oxygens (including phenoxy) is 1. The van der Waals surface area contributed by atoms with Crippen molar-refractivity contribution < 1.29 is 9.53 Å². The highest BCUT2D eigenvalue weighted by molar-refractivity contribution is 5.82. The van der Waals surface area contributed by atoms with Gasteiger partial charge in [-0.1, -0.05) is 30.3 Å². The van der Waals surface area contributed by atoms with Crippen molar-refractivity contribution in [2.45, 2.75) is 38.5 Å². The van der Waals surface area contributed by atoms with E-state index in [0.29, 0.717) is 6.61 Å². The predicted octanol–water partition coefficient (Wildman–Crippen LogP) is 1.54. The summed E-state index contributed by atoms with van der Waals surface area (Å²) in [6.07, 6.45) is 1.89. The molecular formula is C15H22N2O2. The van der Waals surface area contributed by atoms with Gasteiger partial charge in [-0.15, -0.1) is 0 Å². The minimum atomic E-state index is -0.568. The van der Waals surface area contributed by atoms with Crippen molar-refractivity contribution in [3.8, 4) is 0 Å². The van der Waals surface area contributed by atoms with Crippen LogP contribution in [0.3, 0.4) is 0 Å². The summed E-state index contributed by atoms with van der Waals surface area (Å²) in [5, 5.41) is 0. The van der Waals surface area contributed by atoms with Crippen LogP contribution in [0.2, 0.25) is 0 Å². The van der Waals surface area contributed by atoms with Gasteiger partial charge in [0.05, 0.1) is 12.7 Å². The Hall–Kier alpha value is -1.39. The number of carbonyl (C=O) groups is 1. The van der Waals surface area contributed by atoms with Gasteiger partial charge in [0, 0.05) is 13.1 Å². The molecular weight excluding hydrogens is 240 g/mol. The molecule has 0 spiro atoms. The summed E-state index contributed by atoms with van der Waals surface area (Å²) >= 11 is 0. The third kappa shape index (κ3) is 3.78. The number of benzene rings is 1. The molecule has 104 valence electrons. The fraction of sp³-hybridized carbons (Fsp3) is 0.533. The third-order valence-corrected chi connectivity index (χ3v) is 3.56. The lowest BCUT2D eigenvalue weighted by atomic mass is 10.1. The van der Waals surface area contributed by atoms with E-state index in [2.05, 4.69) is 0 Å². The summed E-state index contributed by atoms with van der Waals surface area (Å²) in [7, 11) is 0. The quantitative estimate of drug-likeness (QED) is 0.875. The highest BCUT2D eigenvalue weighted by Gasteiger charge is 2.28. The van der Waals surface area contributed by atoms with Gasteiger partial charge in [0.1, 0.15) is 6.04 Å². The van der Waals surface area contributed by atoms with Gasteiger partial charge < -0.3 is 15.4 Å². The first-order valence-corrected chi connectivity index (χ1v) is 6.88. The Labute approximate surface area is 114 Å². The molecule has 1 heterocycles. The second kappa shape index (κ2) is 6.68. The molecule has 1 fully saturated rings. The van der Waals surface area contributed by atoms with Crippen LogP contribution in [0.4, 0.5) is 0 Å². The molecule has 2 N–H and O–H groups in total. The second-order valence-electron chi connectivity index (χ2n) is 5.06. The van der Waals surface area contributed by atoms with Crippen LogP contribution < -0.4 is 5.73 Å². The Morgan fingerprint density at radius 1 is 1.32 bits per heavy atom. The number of nitrogens with zero attached hydrogens (tertiary/aromatic N) is 1. The maximum Gasteiger partial charge on any atom is 0.242 e. The molecule has 0 aliphatic carbocycles. The van der Waals surface area contributed by atoms with Crippen LogP contribution in [-0.2, 0) is 16.1 Å². The summed E-state index contributed by atoms with van der Waals surface area (Å²) < 4.78 is 5.70. The van der Waals surface area contributed by atoms with E-state index in [1.54, 1.807) is 0 Å². The molecule has 0 aromatic heterocycles. The van der Waals surface area contributed by atoms with E-state index in [1.807, 2.05) is 42.2 Å². The Morgan fingerprint density at radius 3 is 2.58 bits per heavy atom. The first-order chi connectivity index (χ1) is 9.18. The molecule has 4 nitrogen and oxygen atoms in total. The summed E-state index contributed by atoms with van der Waals surface area (Å²) in [5.74, 6) is 0.0121. The minimum Gasteiger partial charge on any atom is -0.372 e. The number of nitrogens with two attached hydrogens (primary N) is 1. The highest BCUT2D eigenvalue weighted by atomic mass is 16.5. The van der Waals surface area contributed by atoms with Crippen LogP contribution in [0.1, 0.15) is 25.3 Å². The zero-order chi connectivity index (χ0) is 13.7. The van der Waals surface area contributed by atoms with Crippen LogP contribution in [0.15, 0.2) is 30.3 Å². The van der Waals surface area contributed by atoms with Crippen LogP contribution in [-0.4, -0.2) is 36.0 Å². The largest absolute Gasteiger partial charge is 0.372 e. The zero-order valence-corrected chi connectivity index (χ0v) is 11.4. The normalized spacial score (nSPS) is 18.3. The van der Waals surface area contributed by atoms with E-state index in [0.717, 1.165) is 31.5 Å². The molecule has 1 aliphatic rings. The van der Waals surface area contributed by atoms with E-state index >= 15 is 0 Å². The van der Waals surface area contributed by atoms with Crippen molar-refractivity contribution in [2.75, 3.05) is 13.1 Å². The maximum atomic E-state index is 12.1. The van der Waals surface area contributed by atoms with Crippen molar-refractivity contribution in [2.24, 2.45) is 5.73 Å². The monoisotopic (exact) mass is 262 g/mol. The van der Waals surface area contributed by atoms with Crippen molar-refractivity contribution in [3.63, 3.8) is 0 Å². The van der Waals surface area contributed by atoms with Gasteiger partial charge in [-0.3, -0.25) is 4.79 Å². The molecule has 0 radical (unpaired) electrons. The first-order valence-electron chi connectivity index (χ1n) is 6.88. The van der Waals surface area contributed by atoms with E-state index in [4.69, 9.17) is 10.5 Å². The lowest BCUT2D eigenvalue weighted by Gasteiger charge is -2.24. The van der Waals surface area contributed by atoms with Crippen LogP contribution in [0.25, 0.3) is 0 Å². The molecule has 1 amide bonds. The number of amides is 1. The smallest absolute Gasteiger partial charge is 0.242 e. The van der Waals surface area contributed by atoms with Gasteiger partial charge in [-0.2, -0.15) is 0 Å². The van der Waals surface area contributed by atoms with Gasteiger partial charge in [0.25, 0.3) is 0 Å². The lowest BCUT2D eigenvalue weighted by molar-refractivity contribution is -0.135. The fourth-order valence-electron chi connectivity index (χ4n) is 2.25. The van der Waals surface area contributed by atoms with Crippen LogP contribution in [0.5, 0.6) is 0 Å². The second-order valence-corrected chi connectivity index (χ2v) is 5.06. The van der Waals surface area contributed by atoms with Crippen molar-refractivity contribution in [1.29, 1.82) is 0 Å². The highest BCUT2D eigenvalue weighted by Crippen LogP contribution is 2.12. The summed E-state index contributed by atoms with van der Waals surface area (Å²) in [6, 6.07) is 9.34. The summed E-state index contributed by atoms with van der Waals surface area (Å²) in [4.78, 5) is 14.0. The van der Waals surface area contributed by atoms with Crippen molar-refractivity contribution >= 4 is 5.91 Å². The number of hydrogen-bond donors (Lipinski definition) is 1. The number of rotatable bonds is 5. The molecule has 1 saturated heterocycles. The Morgan fingerprint density at radius 2 is 1.95 bits per heavy atom. The van der Waals surface area contributed by atoms with E-state index < -0.39 is 6.04 Å². The van der Waals surface area contributed by atoms with Crippen LogP contribution >= 0.6 is 0 Å². The minimum absolute atomic E-state index is 0.0121. The third-order valence-electron chi connectivity index (χ3n) is 3.56. The van der Waals surface area contributed by atoms with Gasteiger partial charge in [-0.25, -0.2) is 0 Å². The Bertz CT molecular complexity index is 402. The van der Waals surface area contributed by atoms with Gasteiger partial charge in [0.2, 0.25) is 5.91 Å². The molecule has 4 heteroatoms. The number of likely N-dealkylation sites (tertiary alicyclic amines) is 1. The lowest BCUT2D eigenvalue weighted by Crippen LogP contribution is -2.49. The van der Waals surface area contributed by atoms with E-state index in [1.165, 1.54) is 0 Å².